The lowest BCUT2D eigenvalue weighted by molar-refractivity contribution is 0.0924. The standard InChI is InChI=1S/C15H12Cl2N2O2/c16-11-7-9(8-18-14(11)17)15(20)19-12-5-6-21-13-4-2-1-3-10(12)13/h1-4,7-8,12H,5-6H2,(H,19,20). The van der Waals surface area contributed by atoms with Gasteiger partial charge in [-0.05, 0) is 12.1 Å². The Morgan fingerprint density at radius 1 is 1.33 bits per heavy atom. The molecule has 1 N–H and O–H groups in total. The Morgan fingerprint density at radius 3 is 2.95 bits per heavy atom. The minimum absolute atomic E-state index is 0.0862. The van der Waals surface area contributed by atoms with E-state index in [1.54, 1.807) is 0 Å². The molecule has 1 aliphatic rings. The van der Waals surface area contributed by atoms with Gasteiger partial charge in [0, 0.05) is 18.2 Å². The van der Waals surface area contributed by atoms with Crippen LogP contribution in [0.2, 0.25) is 10.2 Å². The first-order valence-electron chi connectivity index (χ1n) is 6.49. The molecule has 1 amide bonds. The lowest BCUT2D eigenvalue weighted by Crippen LogP contribution is -2.32. The molecule has 2 aromatic rings. The van der Waals surface area contributed by atoms with E-state index in [2.05, 4.69) is 10.3 Å². The van der Waals surface area contributed by atoms with Gasteiger partial charge in [-0.15, -0.1) is 0 Å². The third-order valence-corrected chi connectivity index (χ3v) is 4.01. The monoisotopic (exact) mass is 322 g/mol. The normalized spacial score (nSPS) is 16.8. The zero-order valence-electron chi connectivity index (χ0n) is 11.0. The average Bonchev–Trinajstić information content (AvgIpc) is 2.50. The van der Waals surface area contributed by atoms with Crippen LogP contribution in [-0.2, 0) is 0 Å². The molecule has 0 bridgehead atoms. The maximum absolute atomic E-state index is 12.3. The van der Waals surface area contributed by atoms with Crippen molar-refractivity contribution in [2.45, 2.75) is 12.5 Å². The molecule has 3 rings (SSSR count). The van der Waals surface area contributed by atoms with Gasteiger partial charge in [0.2, 0.25) is 0 Å². The van der Waals surface area contributed by atoms with Crippen LogP contribution >= 0.6 is 23.2 Å². The highest BCUT2D eigenvalue weighted by Crippen LogP contribution is 2.31. The number of pyridine rings is 1. The minimum Gasteiger partial charge on any atom is -0.493 e. The first kappa shape index (κ1) is 14.2. The predicted molar refractivity (Wildman–Crippen MR) is 81.0 cm³/mol. The largest absolute Gasteiger partial charge is 0.493 e. The lowest BCUT2D eigenvalue weighted by atomic mass is 10.0. The first-order chi connectivity index (χ1) is 10.1. The molecule has 21 heavy (non-hydrogen) atoms. The van der Waals surface area contributed by atoms with Gasteiger partial charge in [-0.3, -0.25) is 4.79 Å². The maximum Gasteiger partial charge on any atom is 0.253 e. The number of halogens is 2. The van der Waals surface area contributed by atoms with Crippen molar-refractivity contribution in [3.05, 3.63) is 57.8 Å². The van der Waals surface area contributed by atoms with Gasteiger partial charge in [-0.2, -0.15) is 0 Å². The fraction of sp³-hybridized carbons (Fsp3) is 0.200. The Bertz CT molecular complexity index is 691. The maximum atomic E-state index is 12.3. The van der Waals surface area contributed by atoms with E-state index in [0.29, 0.717) is 12.2 Å². The SMILES string of the molecule is O=C(NC1CCOc2ccccc21)c1cnc(Cl)c(Cl)c1. The van der Waals surface area contributed by atoms with Crippen LogP contribution in [0.15, 0.2) is 36.5 Å². The fourth-order valence-electron chi connectivity index (χ4n) is 2.28. The second-order valence-corrected chi connectivity index (χ2v) is 5.46. The van der Waals surface area contributed by atoms with E-state index in [4.69, 9.17) is 27.9 Å². The predicted octanol–water partition coefficient (Wildman–Crippen LogP) is 3.64. The number of hydrogen-bond acceptors (Lipinski definition) is 3. The molecule has 1 aromatic carbocycles. The third-order valence-electron chi connectivity index (χ3n) is 3.32. The summed E-state index contributed by atoms with van der Waals surface area (Å²) in [5, 5.41) is 3.42. The zero-order valence-corrected chi connectivity index (χ0v) is 12.5. The van der Waals surface area contributed by atoms with E-state index in [1.165, 1.54) is 12.3 Å². The van der Waals surface area contributed by atoms with Crippen LogP contribution in [0.5, 0.6) is 5.75 Å². The summed E-state index contributed by atoms with van der Waals surface area (Å²) in [6.45, 7) is 0.571. The molecule has 4 nitrogen and oxygen atoms in total. The Balaban J connectivity index is 1.81. The molecule has 1 unspecified atom stereocenters. The van der Waals surface area contributed by atoms with Gasteiger partial charge in [0.15, 0.2) is 0 Å². The van der Waals surface area contributed by atoms with Gasteiger partial charge in [0.05, 0.1) is 23.2 Å². The highest BCUT2D eigenvalue weighted by Gasteiger charge is 2.23. The summed E-state index contributed by atoms with van der Waals surface area (Å²) >= 11 is 11.6. The Hall–Kier alpha value is -1.78. The van der Waals surface area contributed by atoms with Gasteiger partial charge in [0.1, 0.15) is 10.9 Å². The topological polar surface area (TPSA) is 51.2 Å². The smallest absolute Gasteiger partial charge is 0.253 e. The van der Waals surface area contributed by atoms with E-state index in [1.807, 2.05) is 24.3 Å². The van der Waals surface area contributed by atoms with Crippen molar-refractivity contribution in [3.63, 3.8) is 0 Å². The van der Waals surface area contributed by atoms with Crippen LogP contribution < -0.4 is 10.1 Å². The first-order valence-corrected chi connectivity index (χ1v) is 7.24. The summed E-state index contributed by atoms with van der Waals surface area (Å²) in [7, 11) is 0. The van der Waals surface area contributed by atoms with Gasteiger partial charge in [0.25, 0.3) is 5.91 Å². The van der Waals surface area contributed by atoms with Crippen molar-refractivity contribution < 1.29 is 9.53 Å². The van der Waals surface area contributed by atoms with E-state index in [9.17, 15) is 4.79 Å². The molecule has 0 aliphatic carbocycles. The van der Waals surface area contributed by atoms with Gasteiger partial charge >= 0.3 is 0 Å². The van der Waals surface area contributed by atoms with Gasteiger partial charge in [-0.25, -0.2) is 4.98 Å². The number of amides is 1. The number of fused-ring (bicyclic) bond motifs is 1. The minimum atomic E-state index is -0.234. The van der Waals surface area contributed by atoms with Gasteiger partial charge in [-0.1, -0.05) is 41.4 Å². The molecule has 6 heteroatoms. The summed E-state index contributed by atoms with van der Waals surface area (Å²) in [5.41, 5.74) is 1.36. The lowest BCUT2D eigenvalue weighted by Gasteiger charge is -2.26. The number of para-hydroxylation sites is 1. The van der Waals surface area contributed by atoms with E-state index in [0.717, 1.165) is 17.7 Å². The number of rotatable bonds is 2. The van der Waals surface area contributed by atoms with Crippen LogP contribution in [0.25, 0.3) is 0 Å². The highest BCUT2D eigenvalue weighted by molar-refractivity contribution is 6.41. The fourth-order valence-corrected chi connectivity index (χ4v) is 2.55. The molecule has 0 saturated carbocycles. The van der Waals surface area contributed by atoms with Crippen molar-refractivity contribution in [2.75, 3.05) is 6.61 Å². The molecule has 1 aliphatic heterocycles. The summed E-state index contributed by atoms with van der Waals surface area (Å²) in [6, 6.07) is 9.11. The molecule has 1 aromatic heterocycles. The molecular formula is C15H12Cl2N2O2. The number of nitrogens with one attached hydrogen (secondary N) is 1. The Morgan fingerprint density at radius 2 is 2.14 bits per heavy atom. The summed E-state index contributed by atoms with van der Waals surface area (Å²) in [6.07, 6.45) is 2.13. The number of aromatic nitrogens is 1. The second kappa shape index (κ2) is 5.92. The number of carbonyl (C=O) groups is 1. The molecule has 0 saturated heterocycles. The van der Waals surface area contributed by atoms with Crippen molar-refractivity contribution >= 4 is 29.1 Å². The summed E-state index contributed by atoms with van der Waals surface area (Å²) in [5.74, 6) is 0.573. The van der Waals surface area contributed by atoms with E-state index in [-0.39, 0.29) is 22.1 Å². The Kier molecular flexibility index (Phi) is 3.99. The number of nitrogens with zero attached hydrogens (tertiary/aromatic N) is 1. The zero-order chi connectivity index (χ0) is 14.8. The van der Waals surface area contributed by atoms with Crippen LogP contribution in [0, 0.1) is 0 Å². The number of benzene rings is 1. The van der Waals surface area contributed by atoms with Crippen LogP contribution in [0.4, 0.5) is 0 Å². The summed E-state index contributed by atoms with van der Waals surface area (Å²) in [4.78, 5) is 16.2. The number of carbonyl (C=O) groups excluding carboxylic acids is 1. The molecule has 0 spiro atoms. The van der Waals surface area contributed by atoms with Crippen LogP contribution in [0.1, 0.15) is 28.4 Å². The molecule has 0 radical (unpaired) electrons. The van der Waals surface area contributed by atoms with E-state index < -0.39 is 0 Å². The molecule has 108 valence electrons. The molecule has 0 fully saturated rings. The second-order valence-electron chi connectivity index (χ2n) is 4.70. The van der Waals surface area contributed by atoms with E-state index >= 15 is 0 Å². The molecule has 2 heterocycles. The van der Waals surface area contributed by atoms with Crippen LogP contribution in [-0.4, -0.2) is 17.5 Å². The van der Waals surface area contributed by atoms with Crippen molar-refractivity contribution in [3.8, 4) is 5.75 Å². The molecule has 1 atom stereocenters. The number of hydrogen-bond donors (Lipinski definition) is 1. The van der Waals surface area contributed by atoms with Crippen molar-refractivity contribution in [1.29, 1.82) is 0 Å². The highest BCUT2D eigenvalue weighted by atomic mass is 35.5. The van der Waals surface area contributed by atoms with Crippen molar-refractivity contribution in [1.82, 2.24) is 10.3 Å². The quantitative estimate of drug-likeness (QED) is 0.859. The van der Waals surface area contributed by atoms with Gasteiger partial charge < -0.3 is 10.1 Å². The van der Waals surface area contributed by atoms with Crippen LogP contribution in [0.3, 0.4) is 0 Å². The third kappa shape index (κ3) is 2.96. The van der Waals surface area contributed by atoms with Crippen molar-refractivity contribution in [2.24, 2.45) is 0 Å². The Labute approximate surface area is 132 Å². The average molecular weight is 323 g/mol. The summed E-state index contributed by atoms with van der Waals surface area (Å²) < 4.78 is 5.57. The molecular weight excluding hydrogens is 311 g/mol. The number of ether oxygens (including phenoxy) is 1.